The first kappa shape index (κ1) is 27.0. The zero-order chi connectivity index (χ0) is 24.9. The maximum atomic E-state index is 12.6. The Morgan fingerprint density at radius 1 is 1.12 bits per heavy atom. The van der Waals surface area contributed by atoms with E-state index in [0.29, 0.717) is 41.1 Å². The average Bonchev–Trinajstić information content (AvgIpc) is 2.77. The molecule has 0 aliphatic carbocycles. The van der Waals surface area contributed by atoms with E-state index in [4.69, 9.17) is 39.5 Å². The SMILES string of the molecule is CC(=O)Nc1ccc(S(=O)(=O)NC[C@@H](O)CN2CCC(Oc3ccc(Cl)c(Cl)c3)CC2)cc1Cl. The molecule has 0 aromatic heterocycles. The maximum absolute atomic E-state index is 12.6. The summed E-state index contributed by atoms with van der Waals surface area (Å²) in [6.07, 6.45) is 0.654. The molecule has 1 aliphatic rings. The van der Waals surface area contributed by atoms with Crippen molar-refractivity contribution in [3.05, 3.63) is 51.5 Å². The van der Waals surface area contributed by atoms with Gasteiger partial charge in [-0.2, -0.15) is 0 Å². The van der Waals surface area contributed by atoms with Gasteiger partial charge >= 0.3 is 0 Å². The summed E-state index contributed by atoms with van der Waals surface area (Å²) >= 11 is 18.0. The van der Waals surface area contributed by atoms with Crippen LogP contribution in [0.1, 0.15) is 19.8 Å². The monoisotopic (exact) mass is 549 g/mol. The number of ether oxygens (including phenoxy) is 1. The predicted molar refractivity (Wildman–Crippen MR) is 134 cm³/mol. The quantitative estimate of drug-likeness (QED) is 0.438. The molecule has 2 aromatic carbocycles. The molecule has 1 atom stereocenters. The number of halogens is 3. The Bertz CT molecular complexity index is 1120. The van der Waals surface area contributed by atoms with E-state index in [2.05, 4.69) is 14.9 Å². The number of carbonyl (C=O) groups is 1. The van der Waals surface area contributed by atoms with Crippen LogP contribution < -0.4 is 14.8 Å². The molecule has 0 saturated carbocycles. The Labute approximate surface area is 214 Å². The number of amides is 1. The van der Waals surface area contributed by atoms with Crippen LogP contribution in [0, 0.1) is 0 Å². The summed E-state index contributed by atoms with van der Waals surface area (Å²) < 4.78 is 33.5. The first-order chi connectivity index (χ1) is 16.0. The number of nitrogens with zero attached hydrogens (tertiary/aromatic N) is 1. The van der Waals surface area contributed by atoms with Gasteiger partial charge in [0.15, 0.2) is 0 Å². The third kappa shape index (κ3) is 7.71. The minimum atomic E-state index is -3.88. The van der Waals surface area contributed by atoms with Crippen molar-refractivity contribution in [2.45, 2.75) is 36.9 Å². The second kappa shape index (κ2) is 11.9. The van der Waals surface area contributed by atoms with Crippen molar-refractivity contribution in [1.29, 1.82) is 0 Å². The Hall–Kier alpha value is -1.59. The van der Waals surface area contributed by atoms with Crippen LogP contribution in [0.4, 0.5) is 5.69 Å². The summed E-state index contributed by atoms with van der Waals surface area (Å²) in [7, 11) is -3.88. The fraction of sp³-hybridized carbons (Fsp3) is 0.409. The summed E-state index contributed by atoms with van der Waals surface area (Å²) in [5.74, 6) is 0.344. The molecule has 3 N–H and O–H groups in total. The van der Waals surface area contributed by atoms with Gasteiger partial charge in [-0.15, -0.1) is 0 Å². The van der Waals surface area contributed by atoms with E-state index in [1.165, 1.54) is 25.1 Å². The normalized spacial score (nSPS) is 16.3. The number of aliphatic hydroxyl groups excluding tert-OH is 1. The van der Waals surface area contributed by atoms with Crippen molar-refractivity contribution < 1.29 is 23.1 Å². The molecule has 12 heteroatoms. The highest BCUT2D eigenvalue weighted by Crippen LogP contribution is 2.28. The van der Waals surface area contributed by atoms with Crippen LogP contribution in [0.15, 0.2) is 41.3 Å². The minimum absolute atomic E-state index is 0.0225. The van der Waals surface area contributed by atoms with Crippen LogP contribution in [0.5, 0.6) is 5.75 Å². The number of aliphatic hydroxyl groups is 1. The zero-order valence-corrected chi connectivity index (χ0v) is 21.5. The van der Waals surface area contributed by atoms with Gasteiger partial charge in [0, 0.05) is 39.2 Å². The third-order valence-corrected chi connectivity index (χ3v) is 7.74. The number of carbonyl (C=O) groups excluding carboxylic acids is 1. The van der Waals surface area contributed by atoms with E-state index in [0.717, 1.165) is 12.8 Å². The number of sulfonamides is 1. The van der Waals surface area contributed by atoms with Crippen LogP contribution in [-0.4, -0.2) is 62.7 Å². The van der Waals surface area contributed by atoms with Gasteiger partial charge < -0.3 is 20.1 Å². The zero-order valence-electron chi connectivity index (χ0n) is 18.4. The van der Waals surface area contributed by atoms with E-state index >= 15 is 0 Å². The number of hydrogen-bond donors (Lipinski definition) is 3. The van der Waals surface area contributed by atoms with E-state index in [1.807, 2.05) is 0 Å². The molecular formula is C22H26Cl3N3O5S. The molecule has 34 heavy (non-hydrogen) atoms. The number of benzene rings is 2. The molecule has 0 unspecified atom stereocenters. The van der Waals surface area contributed by atoms with E-state index in [1.54, 1.807) is 18.2 Å². The fourth-order valence-corrected chi connectivity index (χ4v) is 5.24. The van der Waals surface area contributed by atoms with E-state index in [-0.39, 0.29) is 28.5 Å². The maximum Gasteiger partial charge on any atom is 0.240 e. The fourth-order valence-electron chi connectivity index (χ4n) is 3.56. The Balaban J connectivity index is 1.45. The van der Waals surface area contributed by atoms with Crippen molar-refractivity contribution >= 4 is 56.4 Å². The van der Waals surface area contributed by atoms with Crippen molar-refractivity contribution in [1.82, 2.24) is 9.62 Å². The number of β-amino-alcohol motifs (C(OH)–C–C–N with tert-alkyl or cyclic N) is 1. The van der Waals surface area contributed by atoms with Gasteiger partial charge in [-0.1, -0.05) is 34.8 Å². The number of likely N-dealkylation sites (tertiary alicyclic amines) is 1. The lowest BCUT2D eigenvalue weighted by Crippen LogP contribution is -2.45. The number of rotatable bonds is 9. The molecular weight excluding hydrogens is 525 g/mol. The van der Waals surface area contributed by atoms with Crippen LogP contribution in [-0.2, 0) is 14.8 Å². The molecule has 1 amide bonds. The number of piperidine rings is 1. The Kier molecular flexibility index (Phi) is 9.45. The van der Waals surface area contributed by atoms with Crippen LogP contribution in [0.25, 0.3) is 0 Å². The lowest BCUT2D eigenvalue weighted by atomic mass is 10.1. The van der Waals surface area contributed by atoms with Crippen molar-refractivity contribution in [2.75, 3.05) is 31.5 Å². The molecule has 186 valence electrons. The first-order valence-corrected chi connectivity index (χ1v) is 13.2. The average molecular weight is 551 g/mol. The smallest absolute Gasteiger partial charge is 0.240 e. The molecule has 0 radical (unpaired) electrons. The molecule has 1 aliphatic heterocycles. The molecule has 0 bridgehead atoms. The lowest BCUT2D eigenvalue weighted by molar-refractivity contribution is -0.114. The van der Waals surface area contributed by atoms with Crippen molar-refractivity contribution in [3.63, 3.8) is 0 Å². The van der Waals surface area contributed by atoms with Crippen molar-refractivity contribution in [3.8, 4) is 5.75 Å². The van der Waals surface area contributed by atoms with Crippen LogP contribution in [0.2, 0.25) is 15.1 Å². The summed E-state index contributed by atoms with van der Waals surface area (Å²) in [5.41, 5.74) is 0.319. The Morgan fingerprint density at radius 3 is 2.44 bits per heavy atom. The second-order valence-corrected chi connectivity index (χ2v) is 11.0. The second-order valence-electron chi connectivity index (χ2n) is 8.02. The largest absolute Gasteiger partial charge is 0.490 e. The predicted octanol–water partition coefficient (Wildman–Crippen LogP) is 3.79. The van der Waals surface area contributed by atoms with Crippen LogP contribution in [0.3, 0.4) is 0 Å². The minimum Gasteiger partial charge on any atom is -0.490 e. The molecule has 1 fully saturated rings. The lowest BCUT2D eigenvalue weighted by Gasteiger charge is -2.33. The summed E-state index contributed by atoms with van der Waals surface area (Å²) in [6.45, 7) is 2.92. The van der Waals surface area contributed by atoms with E-state index < -0.39 is 16.1 Å². The van der Waals surface area contributed by atoms with Gasteiger partial charge in [0.1, 0.15) is 11.9 Å². The first-order valence-electron chi connectivity index (χ1n) is 10.6. The van der Waals surface area contributed by atoms with Gasteiger partial charge in [0.25, 0.3) is 0 Å². The standard InChI is InChI=1S/C22H26Cl3N3O5S/c1-14(29)27-22-5-3-18(11-21(22)25)34(31,32)26-12-15(30)13-28-8-6-16(7-9-28)33-17-2-4-19(23)20(24)10-17/h2-5,10-11,15-16,26,30H,6-9,12-13H2,1H3,(H,27,29)/t15-/m1/s1. The van der Waals surface area contributed by atoms with Gasteiger partial charge in [0.2, 0.25) is 15.9 Å². The topological polar surface area (TPSA) is 108 Å². The van der Waals surface area contributed by atoms with Gasteiger partial charge in [-0.05, 0) is 43.2 Å². The Morgan fingerprint density at radius 2 is 1.82 bits per heavy atom. The number of hydrogen-bond acceptors (Lipinski definition) is 6. The number of anilines is 1. The van der Waals surface area contributed by atoms with Crippen LogP contribution >= 0.6 is 34.8 Å². The summed E-state index contributed by atoms with van der Waals surface area (Å²) in [6, 6.07) is 9.16. The molecule has 1 saturated heterocycles. The van der Waals surface area contributed by atoms with Gasteiger partial charge in [-0.3, -0.25) is 4.79 Å². The summed E-state index contributed by atoms with van der Waals surface area (Å²) in [5, 5.41) is 13.9. The summed E-state index contributed by atoms with van der Waals surface area (Å²) in [4.78, 5) is 13.2. The third-order valence-electron chi connectivity index (χ3n) is 5.27. The molecule has 1 heterocycles. The van der Waals surface area contributed by atoms with E-state index in [9.17, 15) is 18.3 Å². The molecule has 8 nitrogen and oxygen atoms in total. The highest BCUT2D eigenvalue weighted by Gasteiger charge is 2.24. The van der Waals surface area contributed by atoms with Gasteiger partial charge in [-0.25, -0.2) is 13.1 Å². The van der Waals surface area contributed by atoms with Gasteiger partial charge in [0.05, 0.1) is 31.8 Å². The highest BCUT2D eigenvalue weighted by molar-refractivity contribution is 7.89. The molecule has 0 spiro atoms. The van der Waals surface area contributed by atoms with Crippen molar-refractivity contribution in [2.24, 2.45) is 0 Å². The molecule has 2 aromatic rings. The molecule has 3 rings (SSSR count). The number of nitrogens with one attached hydrogen (secondary N) is 2. The highest BCUT2D eigenvalue weighted by atomic mass is 35.5.